The lowest BCUT2D eigenvalue weighted by atomic mass is 10.2. The van der Waals surface area contributed by atoms with E-state index in [0.29, 0.717) is 13.2 Å². The maximum atomic E-state index is 5.37. The van der Waals surface area contributed by atoms with Crippen LogP contribution in [-0.2, 0) is 6.54 Å². The Bertz CT molecular complexity index is 425. The molecule has 0 spiro atoms. The molecular formula is C12H15N3O. The normalized spacial score (nSPS) is 10.3. The van der Waals surface area contributed by atoms with Gasteiger partial charge in [-0.1, -0.05) is 30.3 Å². The molecule has 2 aromatic rings. The maximum absolute atomic E-state index is 5.37. The van der Waals surface area contributed by atoms with Crippen molar-refractivity contribution in [2.24, 2.45) is 5.73 Å². The molecule has 0 saturated carbocycles. The minimum atomic E-state index is 0.518. The van der Waals surface area contributed by atoms with Gasteiger partial charge in [-0.3, -0.25) is 4.68 Å². The highest BCUT2D eigenvalue weighted by Crippen LogP contribution is 2.09. The van der Waals surface area contributed by atoms with Crippen LogP contribution in [0, 0.1) is 0 Å². The van der Waals surface area contributed by atoms with E-state index in [-0.39, 0.29) is 0 Å². The van der Waals surface area contributed by atoms with Gasteiger partial charge >= 0.3 is 0 Å². The fraction of sp³-hybridized carbons (Fsp3) is 0.250. The molecule has 1 heterocycles. The first kappa shape index (κ1) is 10.7. The van der Waals surface area contributed by atoms with Gasteiger partial charge < -0.3 is 10.5 Å². The highest BCUT2D eigenvalue weighted by molar-refractivity contribution is 5.17. The predicted molar refractivity (Wildman–Crippen MR) is 62.3 cm³/mol. The van der Waals surface area contributed by atoms with Crippen LogP contribution in [0.1, 0.15) is 5.56 Å². The number of aromatic nitrogens is 2. The highest BCUT2D eigenvalue weighted by Gasteiger charge is 1.99. The second-order valence-corrected chi connectivity index (χ2v) is 3.50. The van der Waals surface area contributed by atoms with Gasteiger partial charge in [-0.15, -0.1) is 0 Å². The Morgan fingerprint density at radius 3 is 2.81 bits per heavy atom. The molecule has 0 radical (unpaired) electrons. The molecule has 2 rings (SSSR count). The van der Waals surface area contributed by atoms with Crippen molar-refractivity contribution in [1.29, 1.82) is 0 Å². The molecule has 0 aliphatic carbocycles. The third-order valence-corrected chi connectivity index (χ3v) is 2.18. The Balaban J connectivity index is 1.97. The summed E-state index contributed by atoms with van der Waals surface area (Å²) in [5, 5.41) is 4.22. The highest BCUT2D eigenvalue weighted by atomic mass is 16.5. The summed E-state index contributed by atoms with van der Waals surface area (Å²) in [5.74, 6) is 0.765. The number of benzene rings is 1. The Hall–Kier alpha value is -1.81. The van der Waals surface area contributed by atoms with Crippen LogP contribution in [0.5, 0.6) is 5.75 Å². The number of nitrogens with two attached hydrogens (primary N) is 1. The molecule has 0 fully saturated rings. The maximum Gasteiger partial charge on any atom is 0.157 e. The summed E-state index contributed by atoms with van der Waals surface area (Å²) in [6, 6.07) is 10.2. The van der Waals surface area contributed by atoms with Crippen LogP contribution < -0.4 is 10.5 Å². The van der Waals surface area contributed by atoms with E-state index in [9.17, 15) is 0 Å². The Morgan fingerprint density at radius 2 is 2.06 bits per heavy atom. The van der Waals surface area contributed by atoms with Crippen molar-refractivity contribution in [2.75, 3.05) is 13.2 Å². The minimum Gasteiger partial charge on any atom is -0.489 e. The van der Waals surface area contributed by atoms with Crippen molar-refractivity contribution in [1.82, 2.24) is 9.78 Å². The lowest BCUT2D eigenvalue weighted by Gasteiger charge is -2.01. The Morgan fingerprint density at radius 1 is 1.25 bits per heavy atom. The molecule has 1 aromatic heterocycles. The van der Waals surface area contributed by atoms with Crippen LogP contribution >= 0.6 is 0 Å². The van der Waals surface area contributed by atoms with E-state index < -0.39 is 0 Å². The summed E-state index contributed by atoms with van der Waals surface area (Å²) in [6.45, 7) is 1.80. The second kappa shape index (κ2) is 5.32. The largest absolute Gasteiger partial charge is 0.489 e. The molecule has 84 valence electrons. The van der Waals surface area contributed by atoms with Crippen LogP contribution in [-0.4, -0.2) is 22.9 Å². The van der Waals surface area contributed by atoms with Crippen molar-refractivity contribution in [3.05, 3.63) is 48.3 Å². The zero-order valence-electron chi connectivity index (χ0n) is 9.04. The molecule has 0 aliphatic rings. The fourth-order valence-corrected chi connectivity index (χ4v) is 1.45. The predicted octanol–water partition coefficient (Wildman–Crippen LogP) is 1.27. The van der Waals surface area contributed by atoms with E-state index in [0.717, 1.165) is 12.3 Å². The quantitative estimate of drug-likeness (QED) is 0.820. The molecule has 0 aliphatic heterocycles. The molecule has 0 amide bonds. The first-order valence-electron chi connectivity index (χ1n) is 5.28. The Kier molecular flexibility index (Phi) is 3.56. The summed E-state index contributed by atoms with van der Waals surface area (Å²) in [7, 11) is 0. The van der Waals surface area contributed by atoms with Crippen molar-refractivity contribution in [2.45, 2.75) is 6.54 Å². The van der Waals surface area contributed by atoms with Gasteiger partial charge in [-0.05, 0) is 5.56 Å². The molecule has 0 atom stereocenters. The first-order valence-corrected chi connectivity index (χ1v) is 5.28. The zero-order valence-corrected chi connectivity index (χ0v) is 9.04. The molecule has 2 N–H and O–H groups in total. The molecule has 0 unspecified atom stereocenters. The van der Waals surface area contributed by atoms with E-state index >= 15 is 0 Å². The van der Waals surface area contributed by atoms with Gasteiger partial charge in [0, 0.05) is 6.54 Å². The van der Waals surface area contributed by atoms with E-state index in [1.807, 2.05) is 29.1 Å². The smallest absolute Gasteiger partial charge is 0.157 e. The third-order valence-electron chi connectivity index (χ3n) is 2.18. The van der Waals surface area contributed by atoms with Crippen LogP contribution in [0.25, 0.3) is 0 Å². The average molecular weight is 217 g/mol. The molecule has 0 bridgehead atoms. The number of rotatable bonds is 5. The lowest BCUT2D eigenvalue weighted by Crippen LogP contribution is -2.10. The van der Waals surface area contributed by atoms with E-state index in [1.165, 1.54) is 5.56 Å². The molecule has 1 aromatic carbocycles. The van der Waals surface area contributed by atoms with Crippen molar-refractivity contribution in [3.63, 3.8) is 0 Å². The average Bonchev–Trinajstić information content (AvgIpc) is 2.75. The number of hydrogen-bond donors (Lipinski definition) is 1. The van der Waals surface area contributed by atoms with Crippen molar-refractivity contribution in [3.8, 4) is 5.75 Å². The van der Waals surface area contributed by atoms with E-state index in [1.54, 1.807) is 6.20 Å². The standard InChI is InChI=1S/C12H15N3O/c13-6-7-16-12-8-14-15(10-12)9-11-4-2-1-3-5-11/h1-5,8,10H,6-7,9,13H2. The van der Waals surface area contributed by atoms with Gasteiger partial charge in [0.25, 0.3) is 0 Å². The van der Waals surface area contributed by atoms with Gasteiger partial charge in [-0.25, -0.2) is 0 Å². The van der Waals surface area contributed by atoms with Crippen molar-refractivity contribution < 1.29 is 4.74 Å². The van der Waals surface area contributed by atoms with Gasteiger partial charge in [0.2, 0.25) is 0 Å². The summed E-state index contributed by atoms with van der Waals surface area (Å²) in [6.07, 6.45) is 3.58. The SMILES string of the molecule is NCCOc1cnn(Cc2ccccc2)c1. The van der Waals surface area contributed by atoms with Gasteiger partial charge in [0.05, 0.1) is 18.9 Å². The topological polar surface area (TPSA) is 53.1 Å². The number of ether oxygens (including phenoxy) is 1. The first-order chi connectivity index (χ1) is 7.88. The van der Waals surface area contributed by atoms with E-state index in [4.69, 9.17) is 10.5 Å². The minimum absolute atomic E-state index is 0.518. The summed E-state index contributed by atoms with van der Waals surface area (Å²) >= 11 is 0. The summed E-state index contributed by atoms with van der Waals surface area (Å²) in [5.41, 5.74) is 6.57. The van der Waals surface area contributed by atoms with Crippen LogP contribution in [0.4, 0.5) is 0 Å². The Labute approximate surface area is 94.6 Å². The van der Waals surface area contributed by atoms with Crippen molar-refractivity contribution >= 4 is 0 Å². The van der Waals surface area contributed by atoms with Crippen LogP contribution in [0.15, 0.2) is 42.7 Å². The van der Waals surface area contributed by atoms with Crippen LogP contribution in [0.2, 0.25) is 0 Å². The number of hydrogen-bond acceptors (Lipinski definition) is 3. The molecule has 4 nitrogen and oxygen atoms in total. The molecular weight excluding hydrogens is 202 g/mol. The third kappa shape index (κ3) is 2.84. The second-order valence-electron chi connectivity index (χ2n) is 3.50. The monoisotopic (exact) mass is 217 g/mol. The van der Waals surface area contributed by atoms with Gasteiger partial charge in [0.1, 0.15) is 6.61 Å². The van der Waals surface area contributed by atoms with Gasteiger partial charge in [0.15, 0.2) is 5.75 Å². The zero-order chi connectivity index (χ0) is 11.2. The fourth-order valence-electron chi connectivity index (χ4n) is 1.45. The lowest BCUT2D eigenvalue weighted by molar-refractivity contribution is 0.328. The molecule has 0 saturated heterocycles. The molecule has 16 heavy (non-hydrogen) atoms. The summed E-state index contributed by atoms with van der Waals surface area (Å²) in [4.78, 5) is 0. The van der Waals surface area contributed by atoms with Crippen LogP contribution in [0.3, 0.4) is 0 Å². The summed E-state index contributed by atoms with van der Waals surface area (Å²) < 4.78 is 7.21. The molecule has 4 heteroatoms. The van der Waals surface area contributed by atoms with E-state index in [2.05, 4.69) is 17.2 Å². The number of nitrogens with zero attached hydrogens (tertiary/aromatic N) is 2. The van der Waals surface area contributed by atoms with Gasteiger partial charge in [-0.2, -0.15) is 5.10 Å².